The molecule has 0 amide bonds. The summed E-state index contributed by atoms with van der Waals surface area (Å²) in [6, 6.07) is 24.2. The van der Waals surface area contributed by atoms with E-state index in [9.17, 15) is 0 Å². The zero-order valence-electron chi connectivity index (χ0n) is 16.6. The Hall–Kier alpha value is -3.99. The van der Waals surface area contributed by atoms with Crippen molar-refractivity contribution < 1.29 is 4.74 Å². The first-order valence-electron chi connectivity index (χ1n) is 9.78. The summed E-state index contributed by atoms with van der Waals surface area (Å²) in [5, 5.41) is 5.76. The van der Waals surface area contributed by atoms with Gasteiger partial charge in [-0.1, -0.05) is 36.4 Å². The highest BCUT2D eigenvalue weighted by atomic mass is 16.5. The van der Waals surface area contributed by atoms with Gasteiger partial charge in [-0.05, 0) is 42.0 Å². The van der Waals surface area contributed by atoms with Gasteiger partial charge in [0.15, 0.2) is 0 Å². The number of aromatic nitrogens is 4. The van der Waals surface area contributed by atoms with Gasteiger partial charge in [-0.2, -0.15) is 5.10 Å². The molecular weight excluding hydrogens is 372 g/mol. The molecule has 0 N–H and O–H groups in total. The molecule has 5 aromatic rings. The predicted molar refractivity (Wildman–Crippen MR) is 118 cm³/mol. The van der Waals surface area contributed by atoms with Crippen molar-refractivity contribution >= 4 is 10.9 Å². The number of rotatable bonds is 5. The van der Waals surface area contributed by atoms with E-state index < -0.39 is 0 Å². The molecule has 3 heterocycles. The molecule has 3 aromatic heterocycles. The Kier molecular flexibility index (Phi) is 4.69. The molecule has 0 atom stereocenters. The van der Waals surface area contributed by atoms with E-state index in [0.717, 1.165) is 44.7 Å². The van der Waals surface area contributed by atoms with E-state index in [-0.39, 0.29) is 0 Å². The first-order chi connectivity index (χ1) is 14.8. The summed E-state index contributed by atoms with van der Waals surface area (Å²) >= 11 is 0. The maximum Gasteiger partial charge on any atom is 0.130 e. The molecule has 0 unspecified atom stereocenters. The molecule has 0 spiro atoms. The van der Waals surface area contributed by atoms with E-state index in [1.165, 1.54) is 0 Å². The normalized spacial score (nSPS) is 11.0. The number of para-hydroxylation sites is 1. The van der Waals surface area contributed by atoms with Crippen molar-refractivity contribution in [2.75, 3.05) is 0 Å². The van der Waals surface area contributed by atoms with Crippen LogP contribution in [0.3, 0.4) is 0 Å². The number of pyridine rings is 2. The number of ether oxygens (including phenoxy) is 1. The number of hydrogen-bond acceptors (Lipinski definition) is 4. The van der Waals surface area contributed by atoms with Gasteiger partial charge >= 0.3 is 0 Å². The van der Waals surface area contributed by atoms with Gasteiger partial charge in [0.2, 0.25) is 0 Å². The Bertz CT molecular complexity index is 1290. The number of benzene rings is 2. The smallest absolute Gasteiger partial charge is 0.130 e. The summed E-state index contributed by atoms with van der Waals surface area (Å²) in [6.07, 6.45) is 5.60. The second-order valence-corrected chi connectivity index (χ2v) is 7.11. The first-order valence-corrected chi connectivity index (χ1v) is 9.78. The van der Waals surface area contributed by atoms with Crippen molar-refractivity contribution in [3.05, 3.63) is 97.1 Å². The van der Waals surface area contributed by atoms with Gasteiger partial charge in [-0.25, -0.2) is 4.98 Å². The lowest BCUT2D eigenvalue weighted by Gasteiger charge is -2.08. The molecule has 0 aliphatic rings. The van der Waals surface area contributed by atoms with Crippen molar-refractivity contribution in [2.24, 2.45) is 7.05 Å². The van der Waals surface area contributed by atoms with Gasteiger partial charge in [-0.3, -0.25) is 9.67 Å². The van der Waals surface area contributed by atoms with Crippen molar-refractivity contribution in [1.29, 1.82) is 0 Å². The summed E-state index contributed by atoms with van der Waals surface area (Å²) in [6.45, 7) is 0.430. The average molecular weight is 392 g/mol. The zero-order valence-corrected chi connectivity index (χ0v) is 16.6. The Labute approximate surface area is 174 Å². The highest BCUT2D eigenvalue weighted by Gasteiger charge is 2.12. The molecule has 5 heteroatoms. The van der Waals surface area contributed by atoms with Crippen LogP contribution in [-0.2, 0) is 13.7 Å². The SMILES string of the molecule is Cn1cc(-c2ccc(OCc3ccc4ccccc4n3)cc2)c(-c2ccncc2)n1. The van der Waals surface area contributed by atoms with E-state index in [4.69, 9.17) is 4.74 Å². The van der Waals surface area contributed by atoms with Crippen LogP contribution in [-0.4, -0.2) is 19.7 Å². The van der Waals surface area contributed by atoms with Gasteiger partial charge in [0, 0.05) is 42.2 Å². The Morgan fingerprint density at radius 3 is 2.47 bits per heavy atom. The Balaban J connectivity index is 1.35. The van der Waals surface area contributed by atoms with Crippen LogP contribution in [0, 0.1) is 0 Å². The van der Waals surface area contributed by atoms with Crippen molar-refractivity contribution in [1.82, 2.24) is 19.7 Å². The second-order valence-electron chi connectivity index (χ2n) is 7.11. The molecule has 30 heavy (non-hydrogen) atoms. The van der Waals surface area contributed by atoms with Crippen molar-refractivity contribution in [3.63, 3.8) is 0 Å². The molecular formula is C25H20N4O. The number of fused-ring (bicyclic) bond motifs is 1. The van der Waals surface area contributed by atoms with Gasteiger partial charge in [-0.15, -0.1) is 0 Å². The molecule has 0 saturated heterocycles. The van der Waals surface area contributed by atoms with Crippen molar-refractivity contribution in [3.8, 4) is 28.1 Å². The molecule has 0 fully saturated rings. The standard InChI is InChI=1S/C25H20N4O/c1-29-16-23(25(28-29)20-12-14-26-15-13-20)18-7-10-22(11-8-18)30-17-21-9-6-19-4-2-3-5-24(19)27-21/h2-16H,17H2,1H3. The fourth-order valence-electron chi connectivity index (χ4n) is 3.50. The zero-order chi connectivity index (χ0) is 20.3. The fraction of sp³-hybridized carbons (Fsp3) is 0.0800. The van der Waals surface area contributed by atoms with Crippen LogP contribution in [0.2, 0.25) is 0 Å². The lowest BCUT2D eigenvalue weighted by atomic mass is 10.0. The summed E-state index contributed by atoms with van der Waals surface area (Å²) < 4.78 is 7.79. The maximum atomic E-state index is 5.96. The molecule has 5 nitrogen and oxygen atoms in total. The molecule has 146 valence electrons. The van der Waals surface area contributed by atoms with Gasteiger partial charge in [0.25, 0.3) is 0 Å². The van der Waals surface area contributed by atoms with E-state index in [0.29, 0.717) is 6.61 Å². The summed E-state index contributed by atoms with van der Waals surface area (Å²) in [4.78, 5) is 8.76. The number of hydrogen-bond donors (Lipinski definition) is 0. The third-order valence-corrected chi connectivity index (χ3v) is 4.99. The summed E-state index contributed by atoms with van der Waals surface area (Å²) in [5.41, 5.74) is 6.04. The fourth-order valence-corrected chi connectivity index (χ4v) is 3.50. The van der Waals surface area contributed by atoms with Gasteiger partial charge in [0.1, 0.15) is 18.1 Å². The predicted octanol–water partition coefficient (Wildman–Crippen LogP) is 5.28. The Morgan fingerprint density at radius 2 is 1.63 bits per heavy atom. The third kappa shape index (κ3) is 3.65. The van der Waals surface area contributed by atoms with Crippen LogP contribution < -0.4 is 4.74 Å². The van der Waals surface area contributed by atoms with E-state index in [1.54, 1.807) is 12.4 Å². The monoisotopic (exact) mass is 392 g/mol. The molecule has 5 rings (SSSR count). The lowest BCUT2D eigenvalue weighted by Crippen LogP contribution is -1.98. The minimum absolute atomic E-state index is 0.430. The minimum atomic E-state index is 0.430. The van der Waals surface area contributed by atoms with Gasteiger partial charge < -0.3 is 4.74 Å². The molecule has 0 bridgehead atoms. The van der Waals surface area contributed by atoms with E-state index in [1.807, 2.05) is 66.5 Å². The van der Waals surface area contributed by atoms with Crippen LogP contribution in [0.4, 0.5) is 0 Å². The quantitative estimate of drug-likeness (QED) is 0.408. The first kappa shape index (κ1) is 18.1. The molecule has 0 saturated carbocycles. The molecule has 0 aliphatic carbocycles. The summed E-state index contributed by atoms with van der Waals surface area (Å²) in [7, 11) is 1.93. The molecule has 0 radical (unpaired) electrons. The highest BCUT2D eigenvalue weighted by molar-refractivity contribution is 5.80. The lowest BCUT2D eigenvalue weighted by molar-refractivity contribution is 0.302. The minimum Gasteiger partial charge on any atom is -0.487 e. The summed E-state index contributed by atoms with van der Waals surface area (Å²) in [5.74, 6) is 0.808. The van der Waals surface area contributed by atoms with E-state index in [2.05, 4.69) is 39.3 Å². The second kappa shape index (κ2) is 7.79. The Morgan fingerprint density at radius 1 is 0.833 bits per heavy atom. The van der Waals surface area contributed by atoms with Crippen LogP contribution >= 0.6 is 0 Å². The van der Waals surface area contributed by atoms with Crippen LogP contribution in [0.25, 0.3) is 33.3 Å². The van der Waals surface area contributed by atoms with Crippen LogP contribution in [0.15, 0.2) is 91.4 Å². The van der Waals surface area contributed by atoms with Crippen LogP contribution in [0.1, 0.15) is 5.69 Å². The topological polar surface area (TPSA) is 52.8 Å². The highest BCUT2D eigenvalue weighted by Crippen LogP contribution is 2.31. The average Bonchev–Trinajstić information content (AvgIpc) is 3.20. The largest absolute Gasteiger partial charge is 0.487 e. The maximum absolute atomic E-state index is 5.96. The third-order valence-electron chi connectivity index (χ3n) is 4.99. The van der Waals surface area contributed by atoms with Crippen molar-refractivity contribution in [2.45, 2.75) is 6.61 Å². The van der Waals surface area contributed by atoms with Crippen LogP contribution in [0.5, 0.6) is 5.75 Å². The molecule has 0 aliphatic heterocycles. The molecule has 2 aromatic carbocycles. The van der Waals surface area contributed by atoms with E-state index >= 15 is 0 Å². The number of nitrogens with zero attached hydrogens (tertiary/aromatic N) is 4. The van der Waals surface area contributed by atoms with Gasteiger partial charge in [0.05, 0.1) is 11.2 Å². The number of aryl methyl sites for hydroxylation is 1.